The van der Waals surface area contributed by atoms with Gasteiger partial charge in [-0.1, -0.05) is 30.3 Å². The van der Waals surface area contributed by atoms with Crippen LogP contribution in [0.25, 0.3) is 0 Å². The standard InChI is InChI=1S/C19H27N3O3S/c1-21(17-10-12-25-15-17)14-18-13-20-19(26(2,23)24)22(18)11-6-9-16-7-4-3-5-8-16/h3-5,7-8,13,17H,6,9-12,14-15H2,1-2H3. The third kappa shape index (κ3) is 4.72. The molecule has 0 bridgehead atoms. The van der Waals surface area contributed by atoms with Crippen LogP contribution < -0.4 is 0 Å². The van der Waals surface area contributed by atoms with E-state index in [1.165, 1.54) is 11.8 Å². The lowest BCUT2D eigenvalue weighted by Gasteiger charge is -2.23. The van der Waals surface area contributed by atoms with Gasteiger partial charge in [0, 0.05) is 32.0 Å². The van der Waals surface area contributed by atoms with Gasteiger partial charge in [0.15, 0.2) is 0 Å². The number of nitrogens with zero attached hydrogens (tertiary/aromatic N) is 3. The summed E-state index contributed by atoms with van der Waals surface area (Å²) < 4.78 is 31.6. The number of aryl methyl sites for hydroxylation is 1. The summed E-state index contributed by atoms with van der Waals surface area (Å²) >= 11 is 0. The second kappa shape index (κ2) is 8.33. The van der Waals surface area contributed by atoms with Crippen molar-refractivity contribution in [2.75, 3.05) is 26.5 Å². The number of aromatic nitrogens is 2. The fraction of sp³-hybridized carbons (Fsp3) is 0.526. The zero-order valence-corrected chi connectivity index (χ0v) is 16.3. The first-order valence-corrected chi connectivity index (χ1v) is 10.9. The van der Waals surface area contributed by atoms with Gasteiger partial charge in [0.2, 0.25) is 15.0 Å². The van der Waals surface area contributed by atoms with Crippen LogP contribution in [0.2, 0.25) is 0 Å². The SMILES string of the molecule is CN(Cc1cnc(S(C)(=O)=O)n1CCCc1ccccc1)C1CCOC1. The molecule has 1 aromatic carbocycles. The van der Waals surface area contributed by atoms with Crippen molar-refractivity contribution in [2.45, 2.75) is 43.6 Å². The van der Waals surface area contributed by atoms with Crippen molar-refractivity contribution in [3.05, 3.63) is 47.8 Å². The van der Waals surface area contributed by atoms with E-state index in [9.17, 15) is 8.42 Å². The number of hydrogen-bond donors (Lipinski definition) is 0. The number of rotatable bonds is 8. The number of ether oxygens (including phenoxy) is 1. The first-order chi connectivity index (χ1) is 12.4. The predicted molar refractivity (Wildman–Crippen MR) is 101 cm³/mol. The molecular weight excluding hydrogens is 350 g/mol. The minimum Gasteiger partial charge on any atom is -0.380 e. The van der Waals surface area contributed by atoms with Crippen molar-refractivity contribution in [1.29, 1.82) is 0 Å². The van der Waals surface area contributed by atoms with Gasteiger partial charge in [-0.15, -0.1) is 0 Å². The van der Waals surface area contributed by atoms with Crippen LogP contribution in [0, 0.1) is 0 Å². The second-order valence-electron chi connectivity index (χ2n) is 6.98. The molecule has 0 spiro atoms. The molecule has 1 aliphatic rings. The monoisotopic (exact) mass is 377 g/mol. The maximum Gasteiger partial charge on any atom is 0.227 e. The zero-order chi connectivity index (χ0) is 18.6. The average Bonchev–Trinajstić information content (AvgIpc) is 3.26. The summed E-state index contributed by atoms with van der Waals surface area (Å²) in [6, 6.07) is 10.6. The third-order valence-electron chi connectivity index (χ3n) is 4.86. The molecule has 0 saturated carbocycles. The van der Waals surface area contributed by atoms with E-state index in [1.807, 2.05) is 22.8 Å². The first-order valence-electron chi connectivity index (χ1n) is 9.01. The summed E-state index contributed by atoms with van der Waals surface area (Å²) in [5, 5.41) is 0.164. The molecule has 1 atom stereocenters. The highest BCUT2D eigenvalue weighted by molar-refractivity contribution is 7.90. The van der Waals surface area contributed by atoms with Crippen molar-refractivity contribution < 1.29 is 13.2 Å². The predicted octanol–water partition coefficient (Wildman–Crippen LogP) is 2.14. The minimum atomic E-state index is -3.35. The first kappa shape index (κ1) is 19.1. The van der Waals surface area contributed by atoms with Crippen molar-refractivity contribution in [3.8, 4) is 0 Å². The third-order valence-corrected chi connectivity index (χ3v) is 5.85. The lowest BCUT2D eigenvalue weighted by atomic mass is 10.1. The normalized spacial score (nSPS) is 17.9. The van der Waals surface area contributed by atoms with Gasteiger partial charge in [-0.25, -0.2) is 13.4 Å². The molecule has 1 unspecified atom stereocenters. The Labute approximate surface area is 155 Å². The summed E-state index contributed by atoms with van der Waals surface area (Å²) in [6.45, 7) is 2.83. The van der Waals surface area contributed by atoms with Gasteiger partial charge in [0.1, 0.15) is 0 Å². The summed E-state index contributed by atoms with van der Waals surface area (Å²) in [5.41, 5.74) is 2.20. The summed E-state index contributed by atoms with van der Waals surface area (Å²) in [5.74, 6) is 0. The summed E-state index contributed by atoms with van der Waals surface area (Å²) in [6.07, 6.45) is 5.71. The van der Waals surface area contributed by atoms with Crippen LogP contribution in [0.15, 0.2) is 41.7 Å². The molecule has 2 heterocycles. The van der Waals surface area contributed by atoms with Gasteiger partial charge < -0.3 is 9.30 Å². The number of likely N-dealkylation sites (N-methyl/N-ethyl adjacent to an activating group) is 1. The molecule has 1 fully saturated rings. The Bertz CT molecular complexity index is 812. The fourth-order valence-corrected chi connectivity index (χ4v) is 4.25. The molecule has 1 aliphatic heterocycles. The molecule has 1 saturated heterocycles. The van der Waals surface area contributed by atoms with Gasteiger partial charge >= 0.3 is 0 Å². The zero-order valence-electron chi connectivity index (χ0n) is 15.5. The topological polar surface area (TPSA) is 64.4 Å². The number of benzene rings is 1. The van der Waals surface area contributed by atoms with E-state index in [0.717, 1.165) is 38.2 Å². The Kier molecular flexibility index (Phi) is 6.11. The van der Waals surface area contributed by atoms with Gasteiger partial charge in [-0.2, -0.15) is 0 Å². The van der Waals surface area contributed by atoms with Crippen molar-refractivity contribution in [3.63, 3.8) is 0 Å². The molecule has 0 amide bonds. The van der Waals surface area contributed by atoms with Crippen LogP contribution in [0.1, 0.15) is 24.1 Å². The second-order valence-corrected chi connectivity index (χ2v) is 8.89. The smallest absolute Gasteiger partial charge is 0.227 e. The van der Waals surface area contributed by atoms with E-state index in [-0.39, 0.29) is 5.16 Å². The van der Waals surface area contributed by atoms with Crippen molar-refractivity contribution >= 4 is 9.84 Å². The van der Waals surface area contributed by atoms with Crippen LogP contribution in [-0.4, -0.2) is 55.4 Å². The Morgan fingerprint density at radius 2 is 2.08 bits per heavy atom. The fourth-order valence-electron chi connectivity index (χ4n) is 3.39. The van der Waals surface area contributed by atoms with E-state index in [1.54, 1.807) is 6.20 Å². The van der Waals surface area contributed by atoms with Crippen LogP contribution in [0.3, 0.4) is 0 Å². The highest BCUT2D eigenvalue weighted by Crippen LogP contribution is 2.18. The van der Waals surface area contributed by atoms with Crippen LogP contribution in [0.4, 0.5) is 0 Å². The van der Waals surface area contributed by atoms with Gasteiger partial charge in [0.05, 0.1) is 18.5 Å². The van der Waals surface area contributed by atoms with E-state index >= 15 is 0 Å². The molecule has 0 N–H and O–H groups in total. The summed E-state index contributed by atoms with van der Waals surface area (Å²) in [4.78, 5) is 6.44. The van der Waals surface area contributed by atoms with E-state index in [4.69, 9.17) is 4.74 Å². The minimum absolute atomic E-state index is 0.164. The van der Waals surface area contributed by atoms with Crippen molar-refractivity contribution in [2.24, 2.45) is 0 Å². The number of hydrogen-bond acceptors (Lipinski definition) is 5. The maximum atomic E-state index is 12.1. The quantitative estimate of drug-likeness (QED) is 0.705. The Hall–Kier alpha value is -1.70. The largest absolute Gasteiger partial charge is 0.380 e. The van der Waals surface area contributed by atoms with Gasteiger partial charge in [-0.05, 0) is 31.9 Å². The Morgan fingerprint density at radius 1 is 1.31 bits per heavy atom. The van der Waals surface area contributed by atoms with Gasteiger partial charge in [-0.3, -0.25) is 4.90 Å². The molecule has 142 valence electrons. The van der Waals surface area contributed by atoms with Crippen molar-refractivity contribution in [1.82, 2.24) is 14.5 Å². The van der Waals surface area contributed by atoms with E-state index in [0.29, 0.717) is 19.1 Å². The molecule has 0 radical (unpaired) electrons. The molecule has 3 rings (SSSR count). The van der Waals surface area contributed by atoms with E-state index < -0.39 is 9.84 Å². The van der Waals surface area contributed by atoms with Gasteiger partial charge in [0.25, 0.3) is 0 Å². The molecule has 0 aliphatic carbocycles. The lowest BCUT2D eigenvalue weighted by molar-refractivity contribution is 0.155. The molecule has 1 aromatic heterocycles. The van der Waals surface area contributed by atoms with Crippen LogP contribution >= 0.6 is 0 Å². The summed E-state index contributed by atoms with van der Waals surface area (Å²) in [7, 11) is -1.30. The highest BCUT2D eigenvalue weighted by atomic mass is 32.2. The average molecular weight is 378 g/mol. The Balaban J connectivity index is 1.73. The maximum absolute atomic E-state index is 12.1. The molecule has 2 aromatic rings. The molecule has 7 heteroatoms. The molecular formula is C19H27N3O3S. The molecule has 26 heavy (non-hydrogen) atoms. The van der Waals surface area contributed by atoms with E-state index in [2.05, 4.69) is 29.1 Å². The van der Waals surface area contributed by atoms with Crippen LogP contribution in [0.5, 0.6) is 0 Å². The molecule has 6 nitrogen and oxygen atoms in total. The van der Waals surface area contributed by atoms with Crippen LogP contribution in [-0.2, 0) is 34.1 Å². The highest BCUT2D eigenvalue weighted by Gasteiger charge is 2.24. The Morgan fingerprint density at radius 3 is 2.73 bits per heavy atom. The number of sulfone groups is 1. The number of imidazole rings is 1. The lowest BCUT2D eigenvalue weighted by Crippen LogP contribution is -2.32.